The van der Waals surface area contributed by atoms with Gasteiger partial charge in [0.25, 0.3) is 0 Å². The molecule has 1 aliphatic rings. The molecule has 1 aliphatic heterocycles. The fraction of sp³-hybridized carbons (Fsp3) is 0.364. The Kier molecular flexibility index (Phi) is 2.93. The number of non-ortho nitro benzene ring substituents is 1. The van der Waals surface area contributed by atoms with Crippen LogP contribution in [0.1, 0.15) is 12.8 Å². The lowest BCUT2D eigenvalue weighted by atomic mass is 10.2. The lowest BCUT2D eigenvalue weighted by Gasteiger charge is -2.12. The highest BCUT2D eigenvalue weighted by Crippen LogP contribution is 2.28. The van der Waals surface area contributed by atoms with Crippen LogP contribution in [0.25, 0.3) is 11.0 Å². The zero-order chi connectivity index (χ0) is 14.1. The summed E-state index contributed by atoms with van der Waals surface area (Å²) >= 11 is 0. The zero-order valence-electron chi connectivity index (χ0n) is 10.3. The Balaban J connectivity index is 1.82. The van der Waals surface area contributed by atoms with Gasteiger partial charge in [0, 0.05) is 25.1 Å². The van der Waals surface area contributed by atoms with E-state index in [-0.39, 0.29) is 23.2 Å². The number of benzene rings is 1. The Bertz CT molecular complexity index is 683. The van der Waals surface area contributed by atoms with Gasteiger partial charge in [-0.3, -0.25) is 14.9 Å². The lowest BCUT2D eigenvalue weighted by Crippen LogP contribution is -2.31. The van der Waals surface area contributed by atoms with E-state index < -0.39 is 4.92 Å². The molecule has 104 valence electrons. The van der Waals surface area contributed by atoms with E-state index in [1.807, 2.05) is 0 Å². The van der Waals surface area contributed by atoms with Gasteiger partial charge < -0.3 is 10.6 Å². The second kappa shape index (κ2) is 4.76. The molecule has 1 unspecified atom stereocenters. The maximum absolute atomic E-state index is 11.1. The molecule has 0 aliphatic carbocycles. The van der Waals surface area contributed by atoms with Gasteiger partial charge in [0.15, 0.2) is 5.52 Å². The number of amides is 1. The number of aromatic nitrogens is 2. The lowest BCUT2D eigenvalue weighted by molar-refractivity contribution is -0.383. The molecule has 1 aromatic carbocycles. The van der Waals surface area contributed by atoms with Crippen molar-refractivity contribution in [1.29, 1.82) is 0 Å². The van der Waals surface area contributed by atoms with Crippen LogP contribution >= 0.6 is 0 Å². The Morgan fingerprint density at radius 3 is 2.95 bits per heavy atom. The van der Waals surface area contributed by atoms with Crippen LogP contribution in [-0.2, 0) is 4.79 Å². The number of nitrogens with one attached hydrogen (secondary N) is 2. The zero-order valence-corrected chi connectivity index (χ0v) is 10.3. The summed E-state index contributed by atoms with van der Waals surface area (Å²) < 4.78 is 4.57. The van der Waals surface area contributed by atoms with Crippen LogP contribution in [-0.4, -0.2) is 33.7 Å². The summed E-state index contributed by atoms with van der Waals surface area (Å²) in [5, 5.41) is 24.0. The molecule has 2 aromatic rings. The van der Waals surface area contributed by atoms with Crippen molar-refractivity contribution in [3.63, 3.8) is 0 Å². The van der Waals surface area contributed by atoms with Crippen molar-refractivity contribution in [3.05, 3.63) is 22.2 Å². The molecule has 9 heteroatoms. The number of hydrogen-bond acceptors (Lipinski definition) is 7. The summed E-state index contributed by atoms with van der Waals surface area (Å²) in [6, 6.07) is 2.95. The molecule has 20 heavy (non-hydrogen) atoms. The van der Waals surface area contributed by atoms with Gasteiger partial charge in [-0.25, -0.2) is 4.63 Å². The second-order valence-electron chi connectivity index (χ2n) is 4.53. The van der Waals surface area contributed by atoms with E-state index in [1.165, 1.54) is 6.07 Å². The molecule has 1 atom stereocenters. The topological polar surface area (TPSA) is 123 Å². The quantitative estimate of drug-likeness (QED) is 0.626. The molecule has 2 N–H and O–H groups in total. The normalized spacial score (nSPS) is 18.2. The predicted molar refractivity (Wildman–Crippen MR) is 68.1 cm³/mol. The number of nitrogens with zero attached hydrogens (tertiary/aromatic N) is 3. The van der Waals surface area contributed by atoms with Gasteiger partial charge in [0.05, 0.1) is 10.6 Å². The highest BCUT2D eigenvalue weighted by molar-refractivity contribution is 5.93. The van der Waals surface area contributed by atoms with Crippen molar-refractivity contribution in [2.45, 2.75) is 18.9 Å². The number of carbonyl (C=O) groups excluding carboxylic acids is 1. The van der Waals surface area contributed by atoms with Crippen molar-refractivity contribution in [1.82, 2.24) is 15.6 Å². The van der Waals surface area contributed by atoms with Crippen molar-refractivity contribution < 1.29 is 14.3 Å². The van der Waals surface area contributed by atoms with Crippen LogP contribution in [0.5, 0.6) is 0 Å². The average molecular weight is 277 g/mol. The molecule has 9 nitrogen and oxygen atoms in total. The first-order chi connectivity index (χ1) is 9.65. The number of fused-ring (bicyclic) bond motifs is 1. The number of carbonyl (C=O) groups is 1. The molecule has 3 rings (SSSR count). The maximum Gasteiger partial charge on any atom is 0.300 e. The van der Waals surface area contributed by atoms with E-state index >= 15 is 0 Å². The maximum atomic E-state index is 11.1. The molecule has 0 saturated carbocycles. The highest BCUT2D eigenvalue weighted by Gasteiger charge is 2.22. The predicted octanol–water partition coefficient (Wildman–Crippen LogP) is 0.821. The summed E-state index contributed by atoms with van der Waals surface area (Å²) in [6.07, 6.45) is 1.28. The van der Waals surface area contributed by atoms with E-state index in [9.17, 15) is 14.9 Å². The minimum atomic E-state index is -0.534. The van der Waals surface area contributed by atoms with Crippen LogP contribution in [0.4, 0.5) is 11.4 Å². The highest BCUT2D eigenvalue weighted by atomic mass is 16.6. The third-order valence-electron chi connectivity index (χ3n) is 3.21. The van der Waals surface area contributed by atoms with E-state index in [4.69, 9.17) is 0 Å². The number of nitro groups is 1. The summed E-state index contributed by atoms with van der Waals surface area (Å²) in [6.45, 7) is 0.519. The van der Waals surface area contributed by atoms with E-state index in [2.05, 4.69) is 25.6 Å². The third-order valence-corrected chi connectivity index (χ3v) is 3.21. The minimum absolute atomic E-state index is 0.0359. The smallest absolute Gasteiger partial charge is 0.300 e. The molecule has 1 amide bonds. The molecular formula is C11H11N5O4. The standard InChI is InChI=1S/C11H11N5O4/c17-9-4-1-6(13-9)5-12-7-2-3-8(16(18)19)11-10(7)14-20-15-11/h2-3,6,12H,1,4-5H2,(H,13,17). The van der Waals surface area contributed by atoms with Gasteiger partial charge in [-0.15, -0.1) is 0 Å². The third kappa shape index (κ3) is 2.13. The largest absolute Gasteiger partial charge is 0.381 e. The molecule has 1 fully saturated rings. The minimum Gasteiger partial charge on any atom is -0.381 e. The number of anilines is 1. The molecule has 0 spiro atoms. The van der Waals surface area contributed by atoms with Crippen LogP contribution in [0.15, 0.2) is 16.8 Å². The van der Waals surface area contributed by atoms with Gasteiger partial charge in [0.1, 0.15) is 0 Å². The van der Waals surface area contributed by atoms with Gasteiger partial charge in [0.2, 0.25) is 11.4 Å². The molecule has 1 saturated heterocycles. The summed E-state index contributed by atoms with van der Waals surface area (Å²) in [5.41, 5.74) is 0.855. The number of rotatable bonds is 4. The van der Waals surface area contributed by atoms with Crippen molar-refractivity contribution in [3.8, 4) is 0 Å². The SMILES string of the molecule is O=C1CCC(CNc2ccc([N+](=O)[O-])c3nonc23)N1. The van der Waals surface area contributed by atoms with Crippen LogP contribution in [0.2, 0.25) is 0 Å². The van der Waals surface area contributed by atoms with Crippen molar-refractivity contribution in [2.75, 3.05) is 11.9 Å². The molecule has 0 radical (unpaired) electrons. The van der Waals surface area contributed by atoms with Crippen LogP contribution < -0.4 is 10.6 Å². The molecular weight excluding hydrogens is 266 g/mol. The fourth-order valence-corrected chi connectivity index (χ4v) is 2.21. The summed E-state index contributed by atoms with van der Waals surface area (Å²) in [7, 11) is 0. The number of nitro benzene ring substituents is 1. The van der Waals surface area contributed by atoms with Gasteiger partial charge in [-0.1, -0.05) is 0 Å². The monoisotopic (exact) mass is 277 g/mol. The first-order valence-corrected chi connectivity index (χ1v) is 6.08. The summed E-state index contributed by atoms with van der Waals surface area (Å²) in [4.78, 5) is 21.4. The fourth-order valence-electron chi connectivity index (χ4n) is 2.21. The van der Waals surface area contributed by atoms with Crippen LogP contribution in [0.3, 0.4) is 0 Å². The molecule has 2 heterocycles. The summed E-state index contributed by atoms with van der Waals surface area (Å²) in [5.74, 6) is 0.0359. The molecule has 1 aromatic heterocycles. The first-order valence-electron chi connectivity index (χ1n) is 6.08. The Labute approximate surface area is 112 Å². The first kappa shape index (κ1) is 12.3. The van der Waals surface area contributed by atoms with Crippen molar-refractivity contribution >= 4 is 28.3 Å². The van der Waals surface area contributed by atoms with Gasteiger partial charge in [-0.2, -0.15) is 0 Å². The van der Waals surface area contributed by atoms with Crippen LogP contribution in [0, 0.1) is 10.1 Å². The van der Waals surface area contributed by atoms with E-state index in [1.54, 1.807) is 6.07 Å². The van der Waals surface area contributed by atoms with E-state index in [0.29, 0.717) is 24.2 Å². The molecule has 0 bridgehead atoms. The second-order valence-corrected chi connectivity index (χ2v) is 4.53. The van der Waals surface area contributed by atoms with E-state index in [0.717, 1.165) is 6.42 Å². The van der Waals surface area contributed by atoms with Gasteiger partial charge >= 0.3 is 5.69 Å². The van der Waals surface area contributed by atoms with Crippen molar-refractivity contribution in [2.24, 2.45) is 0 Å². The van der Waals surface area contributed by atoms with Gasteiger partial charge in [-0.05, 0) is 22.8 Å². The Morgan fingerprint density at radius 2 is 2.25 bits per heavy atom. The Morgan fingerprint density at radius 1 is 1.45 bits per heavy atom. The Hall–Kier alpha value is -2.71. The number of hydrogen-bond donors (Lipinski definition) is 2. The average Bonchev–Trinajstić information content (AvgIpc) is 3.04.